The average Bonchev–Trinajstić information content (AvgIpc) is 2.06. The van der Waals surface area contributed by atoms with Gasteiger partial charge >= 0.3 is 6.09 Å². The van der Waals surface area contributed by atoms with Gasteiger partial charge in [0.1, 0.15) is 0 Å². The van der Waals surface area contributed by atoms with Crippen molar-refractivity contribution in [1.82, 2.24) is 10.2 Å². The molecule has 2 amide bonds. The fraction of sp³-hybridized carbons (Fsp3) is 0.800. The van der Waals surface area contributed by atoms with Crippen LogP contribution in [0.25, 0.3) is 0 Å². The van der Waals surface area contributed by atoms with Gasteiger partial charge in [-0.05, 0) is 20.8 Å². The first kappa shape index (κ1) is 12.8. The zero-order chi connectivity index (χ0) is 12.5. The van der Waals surface area contributed by atoms with Crippen molar-refractivity contribution in [1.29, 1.82) is 0 Å². The van der Waals surface area contributed by atoms with Crippen LogP contribution in [-0.4, -0.2) is 46.2 Å². The Labute approximate surface area is 94.8 Å². The highest BCUT2D eigenvalue weighted by molar-refractivity contribution is 5.78. The lowest BCUT2D eigenvalue weighted by molar-refractivity contribution is -0.124. The largest absolute Gasteiger partial charge is 0.465 e. The standard InChI is InChI=1S/C10H19N3O3/c1-10(2,3)13(9(15)16)7-5-12-8(14)4-6(7)11/h6-7H,4-5,11H2,1-3H3,(H,12,14)(H,15,16)/t6-,7-/m0/s1. The van der Waals surface area contributed by atoms with Crippen LogP contribution < -0.4 is 11.1 Å². The Morgan fingerprint density at radius 3 is 2.50 bits per heavy atom. The molecule has 0 aromatic carbocycles. The fourth-order valence-corrected chi connectivity index (χ4v) is 2.00. The van der Waals surface area contributed by atoms with Crippen LogP contribution >= 0.6 is 0 Å². The topological polar surface area (TPSA) is 95.7 Å². The number of hydrogen-bond donors (Lipinski definition) is 3. The Hall–Kier alpha value is -1.30. The van der Waals surface area contributed by atoms with Gasteiger partial charge in [0.25, 0.3) is 0 Å². The van der Waals surface area contributed by atoms with Crippen molar-refractivity contribution in [2.75, 3.05) is 6.54 Å². The van der Waals surface area contributed by atoms with Gasteiger partial charge in [-0.3, -0.25) is 9.69 Å². The summed E-state index contributed by atoms with van der Waals surface area (Å²) in [6.07, 6.45) is -0.839. The van der Waals surface area contributed by atoms with E-state index in [1.165, 1.54) is 4.90 Å². The molecule has 0 unspecified atom stereocenters. The number of piperidine rings is 1. The number of carbonyl (C=O) groups is 2. The van der Waals surface area contributed by atoms with Gasteiger partial charge in [0.05, 0.1) is 6.04 Å². The van der Waals surface area contributed by atoms with Crippen LogP contribution in [0.1, 0.15) is 27.2 Å². The number of nitrogens with one attached hydrogen (secondary N) is 1. The highest BCUT2D eigenvalue weighted by Crippen LogP contribution is 2.21. The normalized spacial score (nSPS) is 26.1. The molecule has 4 N–H and O–H groups in total. The number of amides is 2. The number of carbonyl (C=O) groups excluding carboxylic acids is 1. The van der Waals surface area contributed by atoms with E-state index in [4.69, 9.17) is 5.73 Å². The first-order valence-corrected chi connectivity index (χ1v) is 5.28. The smallest absolute Gasteiger partial charge is 0.408 e. The second kappa shape index (κ2) is 4.29. The molecule has 0 aromatic heterocycles. The lowest BCUT2D eigenvalue weighted by atomic mass is 9.95. The van der Waals surface area contributed by atoms with E-state index < -0.39 is 17.7 Å². The molecule has 1 rings (SSSR count). The van der Waals surface area contributed by atoms with E-state index in [0.29, 0.717) is 0 Å². The zero-order valence-corrected chi connectivity index (χ0v) is 9.86. The maximum absolute atomic E-state index is 11.2. The minimum Gasteiger partial charge on any atom is -0.465 e. The third kappa shape index (κ3) is 2.63. The van der Waals surface area contributed by atoms with Crippen molar-refractivity contribution < 1.29 is 14.7 Å². The molecule has 1 aliphatic rings. The van der Waals surface area contributed by atoms with Crippen LogP contribution in [0.3, 0.4) is 0 Å². The Morgan fingerprint density at radius 2 is 2.12 bits per heavy atom. The van der Waals surface area contributed by atoms with E-state index in [-0.39, 0.29) is 24.9 Å². The summed E-state index contributed by atoms with van der Waals surface area (Å²) in [5.41, 5.74) is 5.31. The van der Waals surface area contributed by atoms with E-state index in [2.05, 4.69) is 5.32 Å². The van der Waals surface area contributed by atoms with Gasteiger partial charge in [-0.2, -0.15) is 0 Å². The van der Waals surface area contributed by atoms with E-state index in [1.807, 2.05) is 20.8 Å². The number of nitrogens with zero attached hydrogens (tertiary/aromatic N) is 1. The summed E-state index contributed by atoms with van der Waals surface area (Å²) in [4.78, 5) is 23.7. The van der Waals surface area contributed by atoms with E-state index in [1.54, 1.807) is 0 Å². The van der Waals surface area contributed by atoms with Gasteiger partial charge in [-0.1, -0.05) is 0 Å². The molecule has 0 aliphatic carbocycles. The number of nitrogens with two attached hydrogens (primary N) is 1. The minimum absolute atomic E-state index is 0.122. The molecule has 2 atom stereocenters. The Morgan fingerprint density at radius 1 is 1.56 bits per heavy atom. The van der Waals surface area contributed by atoms with Crippen LogP contribution in [0.5, 0.6) is 0 Å². The van der Waals surface area contributed by atoms with Gasteiger partial charge < -0.3 is 16.2 Å². The predicted molar refractivity (Wildman–Crippen MR) is 59.0 cm³/mol. The number of rotatable bonds is 1. The highest BCUT2D eigenvalue weighted by Gasteiger charge is 2.39. The third-order valence-electron chi connectivity index (χ3n) is 2.68. The molecule has 1 saturated heterocycles. The molecule has 0 bridgehead atoms. The summed E-state index contributed by atoms with van der Waals surface area (Å²) in [7, 11) is 0. The van der Waals surface area contributed by atoms with Gasteiger partial charge in [-0.25, -0.2) is 4.79 Å². The van der Waals surface area contributed by atoms with Crippen molar-refractivity contribution in [3.05, 3.63) is 0 Å². The van der Waals surface area contributed by atoms with Crippen LogP contribution in [0, 0.1) is 0 Å². The first-order valence-electron chi connectivity index (χ1n) is 5.28. The van der Waals surface area contributed by atoms with Crippen LogP contribution in [0.15, 0.2) is 0 Å². The lowest BCUT2D eigenvalue weighted by Gasteiger charge is -2.43. The van der Waals surface area contributed by atoms with E-state index >= 15 is 0 Å². The van der Waals surface area contributed by atoms with Gasteiger partial charge in [0.15, 0.2) is 0 Å². The molecule has 1 fully saturated rings. The molecule has 0 saturated carbocycles. The van der Waals surface area contributed by atoms with Crippen LogP contribution in [-0.2, 0) is 4.79 Å². The van der Waals surface area contributed by atoms with Crippen molar-refractivity contribution >= 4 is 12.0 Å². The summed E-state index contributed by atoms with van der Waals surface area (Å²) in [6, 6.07) is -0.806. The predicted octanol–water partition coefficient (Wildman–Crippen LogP) is -0.0193. The molecular formula is C10H19N3O3. The minimum atomic E-state index is -1.01. The molecular weight excluding hydrogens is 210 g/mol. The summed E-state index contributed by atoms with van der Waals surface area (Å²) in [6.45, 7) is 5.71. The maximum Gasteiger partial charge on any atom is 0.408 e. The van der Waals surface area contributed by atoms with Gasteiger partial charge in [-0.15, -0.1) is 0 Å². The molecule has 6 heteroatoms. The SMILES string of the molecule is CC(C)(C)N(C(=O)O)[C@H]1CNC(=O)C[C@@H]1N. The maximum atomic E-state index is 11.2. The van der Waals surface area contributed by atoms with Crippen molar-refractivity contribution in [3.63, 3.8) is 0 Å². The van der Waals surface area contributed by atoms with Gasteiger partial charge in [0, 0.05) is 24.5 Å². The second-order valence-electron chi connectivity index (χ2n) is 5.06. The lowest BCUT2D eigenvalue weighted by Crippen LogP contribution is -2.64. The highest BCUT2D eigenvalue weighted by atomic mass is 16.4. The molecule has 1 heterocycles. The fourth-order valence-electron chi connectivity index (χ4n) is 2.00. The van der Waals surface area contributed by atoms with Crippen molar-refractivity contribution in [2.24, 2.45) is 5.73 Å². The molecule has 0 spiro atoms. The molecule has 16 heavy (non-hydrogen) atoms. The van der Waals surface area contributed by atoms with Crippen molar-refractivity contribution in [3.8, 4) is 0 Å². The Bertz CT molecular complexity index is 298. The zero-order valence-electron chi connectivity index (χ0n) is 9.86. The molecule has 0 aromatic rings. The molecule has 92 valence electrons. The molecule has 6 nitrogen and oxygen atoms in total. The Kier molecular flexibility index (Phi) is 3.42. The Balaban J connectivity index is 2.87. The van der Waals surface area contributed by atoms with Crippen LogP contribution in [0.4, 0.5) is 4.79 Å². The first-order chi connectivity index (χ1) is 7.23. The third-order valence-corrected chi connectivity index (χ3v) is 2.68. The molecule has 1 aliphatic heterocycles. The van der Waals surface area contributed by atoms with E-state index in [9.17, 15) is 14.7 Å². The molecule has 0 radical (unpaired) electrons. The summed E-state index contributed by atoms with van der Waals surface area (Å²) in [5.74, 6) is -0.122. The van der Waals surface area contributed by atoms with Crippen molar-refractivity contribution in [2.45, 2.75) is 44.8 Å². The monoisotopic (exact) mass is 229 g/mol. The quantitative estimate of drug-likeness (QED) is 0.589. The number of carboxylic acid groups (broad SMARTS) is 1. The van der Waals surface area contributed by atoms with E-state index in [0.717, 1.165) is 0 Å². The van der Waals surface area contributed by atoms with Crippen LogP contribution in [0.2, 0.25) is 0 Å². The number of hydrogen-bond acceptors (Lipinski definition) is 3. The summed E-state index contributed by atoms with van der Waals surface area (Å²) >= 11 is 0. The average molecular weight is 229 g/mol. The second-order valence-corrected chi connectivity index (χ2v) is 5.06. The summed E-state index contributed by atoms with van der Waals surface area (Å²) < 4.78 is 0. The van der Waals surface area contributed by atoms with Gasteiger partial charge in [0.2, 0.25) is 5.91 Å². The summed E-state index contributed by atoms with van der Waals surface area (Å²) in [5, 5.41) is 11.8.